The van der Waals surface area contributed by atoms with Gasteiger partial charge in [-0.25, -0.2) is 12.9 Å². The van der Waals surface area contributed by atoms with Gasteiger partial charge < -0.3 is 4.90 Å². The number of amides is 1. The zero-order valence-electron chi connectivity index (χ0n) is 17.0. The average Bonchev–Trinajstić information content (AvgIpc) is 3.23. The summed E-state index contributed by atoms with van der Waals surface area (Å²) in [5.41, 5.74) is -1.19. The largest absolute Gasteiger partial charge is 0.432 e. The van der Waals surface area contributed by atoms with E-state index in [4.69, 9.17) is 0 Å². The van der Waals surface area contributed by atoms with Gasteiger partial charge in [-0.2, -0.15) is 18.3 Å². The smallest absolute Gasteiger partial charge is 0.333 e. The molecule has 1 N–H and O–H groups in total. The maximum atomic E-state index is 14.1. The van der Waals surface area contributed by atoms with Crippen LogP contribution in [0.3, 0.4) is 0 Å². The Kier molecular flexibility index (Phi) is 7.47. The van der Waals surface area contributed by atoms with E-state index in [0.29, 0.717) is 25.6 Å². The highest BCUT2D eigenvalue weighted by atomic mass is 32.2. The minimum absolute atomic E-state index is 0.0719. The number of carbonyl (C=O) groups is 1. The summed E-state index contributed by atoms with van der Waals surface area (Å²) >= 11 is 0. The number of hydrogen-bond acceptors (Lipinski definition) is 3. The van der Waals surface area contributed by atoms with E-state index in [9.17, 15) is 26.6 Å². The lowest BCUT2D eigenvalue weighted by Gasteiger charge is -2.31. The predicted molar refractivity (Wildman–Crippen MR) is 108 cm³/mol. The van der Waals surface area contributed by atoms with Gasteiger partial charge in [0.05, 0.1) is 11.0 Å². The van der Waals surface area contributed by atoms with Crippen LogP contribution < -0.4 is 0 Å². The summed E-state index contributed by atoms with van der Waals surface area (Å²) in [5, 5.41) is 5.37. The number of aromatic amines is 1. The highest BCUT2D eigenvalue weighted by Crippen LogP contribution is 2.28. The van der Waals surface area contributed by atoms with Crippen LogP contribution in [0.1, 0.15) is 41.0 Å². The van der Waals surface area contributed by atoms with Crippen LogP contribution >= 0.6 is 0 Å². The van der Waals surface area contributed by atoms with Crippen LogP contribution in [0.2, 0.25) is 0 Å². The van der Waals surface area contributed by atoms with Crippen molar-refractivity contribution in [1.29, 1.82) is 0 Å². The summed E-state index contributed by atoms with van der Waals surface area (Å²) in [6.45, 7) is 1.55. The molecule has 3 rings (SSSR count). The molecule has 0 bridgehead atoms. The molecule has 0 radical (unpaired) electrons. The van der Waals surface area contributed by atoms with Gasteiger partial charge in [0.1, 0.15) is 11.5 Å². The van der Waals surface area contributed by atoms with E-state index in [2.05, 4.69) is 5.10 Å². The minimum atomic E-state index is -4.64. The van der Waals surface area contributed by atoms with Crippen LogP contribution in [0, 0.1) is 11.7 Å². The Balaban J connectivity index is 1.72. The van der Waals surface area contributed by atoms with Crippen molar-refractivity contribution in [2.75, 3.05) is 25.9 Å². The Morgan fingerprint density at radius 3 is 2.55 bits per heavy atom. The van der Waals surface area contributed by atoms with Crippen molar-refractivity contribution in [3.05, 3.63) is 53.1 Å². The van der Waals surface area contributed by atoms with Gasteiger partial charge >= 0.3 is 6.18 Å². The number of nitrogens with one attached hydrogen (secondary N) is 1. The number of halogens is 4. The molecule has 2 aromatic rings. The Bertz CT molecular complexity index is 926. The number of piperidine rings is 1. The first kappa shape index (κ1) is 23.4. The molecule has 170 valence electrons. The Morgan fingerprint density at radius 1 is 1.29 bits per heavy atom. The van der Waals surface area contributed by atoms with Gasteiger partial charge in [0.15, 0.2) is 5.69 Å². The number of H-pyrrole nitrogens is 1. The molecule has 1 unspecified atom stereocenters. The second kappa shape index (κ2) is 9.90. The number of carbonyl (C=O) groups excluding carboxylic acids is 1. The van der Waals surface area contributed by atoms with Crippen LogP contribution in [0.5, 0.6) is 0 Å². The molecule has 1 amide bonds. The number of aromatic nitrogens is 2. The van der Waals surface area contributed by atoms with Gasteiger partial charge in [-0.05, 0) is 31.2 Å². The van der Waals surface area contributed by atoms with E-state index >= 15 is 0 Å². The molecule has 1 aromatic carbocycles. The quantitative estimate of drug-likeness (QED) is 0.642. The van der Waals surface area contributed by atoms with E-state index in [0.717, 1.165) is 12.8 Å². The van der Waals surface area contributed by atoms with Crippen molar-refractivity contribution < 1.29 is 26.6 Å². The number of hydrogen-bond donors (Lipinski definition) is 1. The molecule has 11 heteroatoms. The fourth-order valence-electron chi connectivity index (χ4n) is 3.62. The summed E-state index contributed by atoms with van der Waals surface area (Å²) < 4.78 is 66.2. The second-order valence-electron chi connectivity index (χ2n) is 7.57. The molecule has 0 saturated carbocycles. The fourth-order valence-corrected chi connectivity index (χ4v) is 4.34. The lowest BCUT2D eigenvalue weighted by atomic mass is 9.94. The topological polar surface area (TPSA) is 69.3 Å². The molecule has 0 aliphatic carbocycles. The van der Waals surface area contributed by atoms with Crippen molar-refractivity contribution in [1.82, 2.24) is 19.4 Å². The molecular weight excluding hydrogens is 436 g/mol. The fraction of sp³-hybridized carbons (Fsp3) is 0.500. The maximum absolute atomic E-state index is 14.1. The van der Waals surface area contributed by atoms with E-state index in [1.807, 2.05) is 9.40 Å². The van der Waals surface area contributed by atoms with Crippen LogP contribution in [-0.4, -0.2) is 55.4 Å². The van der Waals surface area contributed by atoms with Crippen molar-refractivity contribution in [2.24, 2.45) is 5.92 Å². The van der Waals surface area contributed by atoms with Gasteiger partial charge in [0.2, 0.25) is 0 Å². The molecule has 1 aliphatic heterocycles. The van der Waals surface area contributed by atoms with E-state index in [-0.39, 0.29) is 30.3 Å². The zero-order chi connectivity index (χ0) is 22.6. The molecule has 31 heavy (non-hydrogen) atoms. The monoisotopic (exact) mass is 460 g/mol. The van der Waals surface area contributed by atoms with Crippen LogP contribution in [0.25, 0.3) is 0 Å². The summed E-state index contributed by atoms with van der Waals surface area (Å²) in [7, 11) is -1.02. The molecule has 6 nitrogen and oxygen atoms in total. The minimum Gasteiger partial charge on any atom is -0.333 e. The molecule has 1 fully saturated rings. The van der Waals surface area contributed by atoms with Crippen LogP contribution in [-0.2, 0) is 23.7 Å². The molecule has 0 spiro atoms. The van der Waals surface area contributed by atoms with Gasteiger partial charge in [-0.15, -0.1) is 0 Å². The third kappa shape index (κ3) is 6.13. The first-order valence-corrected chi connectivity index (χ1v) is 11.4. The first-order chi connectivity index (χ1) is 14.6. The summed E-state index contributed by atoms with van der Waals surface area (Å²) in [5.74, 6) is -0.903. The summed E-state index contributed by atoms with van der Waals surface area (Å²) in [6, 6.07) is 6.65. The zero-order valence-corrected chi connectivity index (χ0v) is 17.8. The third-order valence-electron chi connectivity index (χ3n) is 5.45. The number of benzene rings is 1. The van der Waals surface area contributed by atoms with Crippen molar-refractivity contribution in [3.63, 3.8) is 0 Å². The van der Waals surface area contributed by atoms with E-state index in [1.165, 1.54) is 23.1 Å². The van der Waals surface area contributed by atoms with E-state index < -0.39 is 34.6 Å². The average molecular weight is 460 g/mol. The molecule has 1 aliphatic rings. The molecule has 2 heterocycles. The molecular formula is C20H24F4N4O2S. The lowest BCUT2D eigenvalue weighted by molar-refractivity contribution is -0.141. The van der Waals surface area contributed by atoms with Crippen molar-refractivity contribution in [2.45, 2.75) is 32.0 Å². The highest BCUT2D eigenvalue weighted by molar-refractivity contribution is 7.81. The highest BCUT2D eigenvalue weighted by Gasteiger charge is 2.34. The summed E-state index contributed by atoms with van der Waals surface area (Å²) in [4.78, 5) is 14.3. The SMILES string of the molecule is CS(=O)N1CCC(CCN(Cc2ccccc2F)C(=O)c2cc(C(F)(F)F)[nH]n2)CC1. The standard InChI is InChI=1S/C20H24F4N4O2S/c1-31(30)28-10-7-14(8-11-28)6-9-27(13-15-4-2-3-5-16(15)21)19(29)17-12-18(26-25-17)20(22,23)24/h2-5,12,14H,6-11,13H2,1H3,(H,25,26). The Morgan fingerprint density at radius 2 is 1.97 bits per heavy atom. The number of rotatable bonds is 7. The molecule has 1 atom stereocenters. The van der Waals surface area contributed by atoms with E-state index in [1.54, 1.807) is 12.3 Å². The van der Waals surface area contributed by atoms with Gasteiger partial charge in [-0.1, -0.05) is 18.2 Å². The third-order valence-corrected chi connectivity index (χ3v) is 6.55. The predicted octanol–water partition coefficient (Wildman–Crippen LogP) is 3.61. The number of nitrogens with zero attached hydrogens (tertiary/aromatic N) is 3. The summed E-state index contributed by atoms with van der Waals surface area (Å²) in [6.07, 6.45) is -0.783. The first-order valence-electron chi connectivity index (χ1n) is 9.89. The lowest BCUT2D eigenvalue weighted by Crippen LogP contribution is -2.37. The van der Waals surface area contributed by atoms with Crippen molar-refractivity contribution >= 4 is 16.9 Å². The van der Waals surface area contributed by atoms with Gasteiger partial charge in [-0.3, -0.25) is 9.89 Å². The normalized spacial score (nSPS) is 16.9. The molecule has 1 aromatic heterocycles. The molecule has 1 saturated heterocycles. The Labute approximate surface area is 180 Å². The van der Waals surface area contributed by atoms with Gasteiger partial charge in [0, 0.05) is 44.1 Å². The van der Waals surface area contributed by atoms with Crippen LogP contribution in [0.4, 0.5) is 17.6 Å². The van der Waals surface area contributed by atoms with Crippen molar-refractivity contribution in [3.8, 4) is 0 Å². The van der Waals surface area contributed by atoms with Gasteiger partial charge in [0.25, 0.3) is 5.91 Å². The Hall–Kier alpha value is -2.27. The number of alkyl halides is 3. The van der Waals surface area contributed by atoms with Crippen LogP contribution in [0.15, 0.2) is 30.3 Å². The second-order valence-corrected chi connectivity index (χ2v) is 8.93. The maximum Gasteiger partial charge on any atom is 0.432 e.